The van der Waals surface area contributed by atoms with Crippen molar-refractivity contribution >= 4 is 11.6 Å². The fourth-order valence-electron chi connectivity index (χ4n) is 1.10. The second kappa shape index (κ2) is 7.81. The van der Waals surface area contributed by atoms with Crippen LogP contribution in [0, 0.1) is 12.3 Å². The average Bonchev–Trinajstić information content (AvgIpc) is 2.68. The van der Waals surface area contributed by atoms with E-state index in [0.29, 0.717) is 0 Å². The Morgan fingerprint density at radius 1 is 1.27 bits per heavy atom. The second-order valence-corrected chi connectivity index (χ2v) is 3.37. The minimum Gasteiger partial charge on any atom is -0.377 e. The van der Waals surface area contributed by atoms with Crippen LogP contribution in [-0.4, -0.2) is 29.6 Å². The van der Waals surface area contributed by atoms with Crippen LogP contribution in [0.25, 0.3) is 0 Å². The number of Topliss-reactive ketones (excluding diaryl/α,β-unsaturated/α-hetero) is 1. The summed E-state index contributed by atoms with van der Waals surface area (Å²) in [6.45, 7) is 5.15. The molecule has 0 aromatic heterocycles. The first-order valence-electron chi connectivity index (χ1n) is 4.96. The predicted molar refractivity (Wildman–Crippen MR) is 60.1 cm³/mol. The molecule has 15 heavy (non-hydrogen) atoms. The van der Waals surface area contributed by atoms with Gasteiger partial charge in [0.1, 0.15) is 0 Å². The first-order chi connectivity index (χ1) is 7.06. The Hall–Kier alpha value is -1.56. The average molecular weight is 207 g/mol. The topological polar surface area (TPSA) is 37.4 Å². The lowest BCUT2D eigenvalue weighted by atomic mass is 10.4. The molecule has 1 aliphatic heterocycles. The molecule has 0 aromatic carbocycles. The van der Waals surface area contributed by atoms with E-state index in [0.717, 1.165) is 13.1 Å². The number of carbonyl (C=O) groups is 2. The summed E-state index contributed by atoms with van der Waals surface area (Å²) in [5.74, 6) is 1.80. The second-order valence-electron chi connectivity index (χ2n) is 3.37. The molecule has 0 saturated carbocycles. The monoisotopic (exact) mass is 207 g/mol. The molecular formula is C12H17NO2. The van der Waals surface area contributed by atoms with Gasteiger partial charge in [0.05, 0.1) is 0 Å². The highest BCUT2D eigenvalue weighted by Crippen LogP contribution is 2.06. The predicted octanol–water partition coefficient (Wildman–Crippen LogP) is 1.39. The lowest BCUT2D eigenvalue weighted by Gasteiger charge is -2.08. The van der Waals surface area contributed by atoms with E-state index < -0.39 is 0 Å². The Morgan fingerprint density at radius 3 is 2.07 bits per heavy atom. The molecule has 1 fully saturated rings. The highest BCUT2D eigenvalue weighted by Gasteiger charge is 2.05. The SMILES string of the molecule is C#CC(C)=O.CC(=O)/C=C/N1CCCC1. The molecule has 0 bridgehead atoms. The number of ketones is 2. The summed E-state index contributed by atoms with van der Waals surface area (Å²) < 4.78 is 0. The standard InChI is InChI=1S/C8H13NO.C4H4O/c1-8(10)4-7-9-5-2-3-6-9;1-3-4(2)5/h4,7H,2-3,5-6H2,1H3;1H,2H3/b7-4+;. The third-order valence-corrected chi connectivity index (χ3v) is 1.86. The summed E-state index contributed by atoms with van der Waals surface area (Å²) in [6.07, 6.45) is 10.6. The van der Waals surface area contributed by atoms with Gasteiger partial charge in [-0.15, -0.1) is 6.42 Å². The van der Waals surface area contributed by atoms with Crippen molar-refractivity contribution in [3.63, 3.8) is 0 Å². The molecule has 0 unspecified atom stereocenters. The van der Waals surface area contributed by atoms with Gasteiger partial charge in [-0.3, -0.25) is 9.59 Å². The van der Waals surface area contributed by atoms with Crippen LogP contribution in [0.1, 0.15) is 26.7 Å². The van der Waals surface area contributed by atoms with Crippen LogP contribution in [0.5, 0.6) is 0 Å². The van der Waals surface area contributed by atoms with Gasteiger partial charge in [0.15, 0.2) is 5.78 Å². The largest absolute Gasteiger partial charge is 0.377 e. The van der Waals surface area contributed by atoms with Gasteiger partial charge < -0.3 is 4.90 Å². The van der Waals surface area contributed by atoms with Crippen molar-refractivity contribution in [3.05, 3.63) is 12.3 Å². The lowest BCUT2D eigenvalue weighted by molar-refractivity contribution is -0.113. The Kier molecular flexibility index (Phi) is 7.00. The molecule has 0 spiro atoms. The maximum Gasteiger partial charge on any atom is 0.202 e. The van der Waals surface area contributed by atoms with Crippen LogP contribution in [0.2, 0.25) is 0 Å². The van der Waals surface area contributed by atoms with Gasteiger partial charge in [0.2, 0.25) is 5.78 Å². The maximum atomic E-state index is 10.5. The van der Waals surface area contributed by atoms with Crippen molar-refractivity contribution in [2.75, 3.05) is 13.1 Å². The molecule has 0 radical (unpaired) electrons. The first-order valence-corrected chi connectivity index (χ1v) is 4.96. The summed E-state index contributed by atoms with van der Waals surface area (Å²) in [5, 5.41) is 0. The molecule has 0 N–H and O–H groups in total. The summed E-state index contributed by atoms with van der Waals surface area (Å²) in [7, 11) is 0. The summed E-state index contributed by atoms with van der Waals surface area (Å²) in [6, 6.07) is 0. The van der Waals surface area contributed by atoms with Crippen molar-refractivity contribution in [1.29, 1.82) is 0 Å². The molecule has 1 heterocycles. The molecule has 1 aliphatic rings. The van der Waals surface area contributed by atoms with E-state index >= 15 is 0 Å². The van der Waals surface area contributed by atoms with Crippen molar-refractivity contribution in [2.45, 2.75) is 26.7 Å². The smallest absolute Gasteiger partial charge is 0.202 e. The summed E-state index contributed by atoms with van der Waals surface area (Å²) in [5.41, 5.74) is 0. The normalized spacial score (nSPS) is 14.3. The van der Waals surface area contributed by atoms with E-state index in [2.05, 4.69) is 11.3 Å². The fourth-order valence-corrected chi connectivity index (χ4v) is 1.10. The summed E-state index contributed by atoms with van der Waals surface area (Å²) in [4.78, 5) is 22.2. The van der Waals surface area contributed by atoms with Crippen LogP contribution < -0.4 is 0 Å². The van der Waals surface area contributed by atoms with Gasteiger partial charge in [0.25, 0.3) is 0 Å². The first kappa shape index (κ1) is 13.4. The molecule has 0 aliphatic carbocycles. The van der Waals surface area contributed by atoms with Crippen molar-refractivity contribution < 1.29 is 9.59 Å². The Morgan fingerprint density at radius 2 is 1.73 bits per heavy atom. The Balaban J connectivity index is 0.000000336. The minimum absolute atomic E-state index is 0.131. The molecule has 3 heteroatoms. The van der Waals surface area contributed by atoms with Gasteiger partial charge in [-0.2, -0.15) is 0 Å². The number of nitrogens with zero attached hydrogens (tertiary/aromatic N) is 1. The van der Waals surface area contributed by atoms with Gasteiger partial charge in [-0.1, -0.05) is 0 Å². The van der Waals surface area contributed by atoms with Gasteiger partial charge in [-0.25, -0.2) is 0 Å². The molecule has 0 amide bonds. The zero-order valence-corrected chi connectivity index (χ0v) is 9.32. The van der Waals surface area contributed by atoms with E-state index in [1.807, 2.05) is 12.1 Å². The lowest BCUT2D eigenvalue weighted by Crippen LogP contribution is -2.10. The molecule has 1 rings (SSSR count). The number of allylic oxidation sites excluding steroid dienone is 1. The van der Waals surface area contributed by atoms with Crippen LogP contribution >= 0.6 is 0 Å². The summed E-state index contributed by atoms with van der Waals surface area (Å²) >= 11 is 0. The van der Waals surface area contributed by atoms with Crippen LogP contribution in [-0.2, 0) is 9.59 Å². The molecule has 3 nitrogen and oxygen atoms in total. The number of hydrogen-bond acceptors (Lipinski definition) is 3. The van der Waals surface area contributed by atoms with Crippen molar-refractivity contribution in [3.8, 4) is 12.3 Å². The van der Waals surface area contributed by atoms with E-state index in [1.165, 1.54) is 19.8 Å². The third-order valence-electron chi connectivity index (χ3n) is 1.86. The van der Waals surface area contributed by atoms with Gasteiger partial charge in [-0.05, 0) is 31.8 Å². The van der Waals surface area contributed by atoms with Gasteiger partial charge >= 0.3 is 0 Å². The zero-order chi connectivity index (χ0) is 11.7. The Labute approximate surface area is 91.1 Å². The van der Waals surface area contributed by atoms with Crippen LogP contribution in [0.3, 0.4) is 0 Å². The highest BCUT2D eigenvalue weighted by atomic mass is 16.1. The van der Waals surface area contributed by atoms with Crippen LogP contribution in [0.4, 0.5) is 0 Å². The Bertz CT molecular complexity index is 280. The van der Waals surface area contributed by atoms with Crippen molar-refractivity contribution in [2.24, 2.45) is 0 Å². The zero-order valence-electron chi connectivity index (χ0n) is 9.32. The van der Waals surface area contributed by atoms with E-state index in [1.54, 1.807) is 13.0 Å². The number of hydrogen-bond donors (Lipinski definition) is 0. The number of likely N-dealkylation sites (tertiary alicyclic amines) is 1. The number of terminal acetylenes is 1. The van der Waals surface area contributed by atoms with E-state index in [4.69, 9.17) is 0 Å². The quantitative estimate of drug-likeness (QED) is 0.390. The van der Waals surface area contributed by atoms with Crippen molar-refractivity contribution in [1.82, 2.24) is 4.90 Å². The van der Waals surface area contributed by atoms with Gasteiger partial charge in [0, 0.05) is 26.2 Å². The van der Waals surface area contributed by atoms with E-state index in [9.17, 15) is 9.59 Å². The molecule has 1 saturated heterocycles. The fraction of sp³-hybridized carbons (Fsp3) is 0.500. The molecule has 82 valence electrons. The van der Waals surface area contributed by atoms with Crippen LogP contribution in [0.15, 0.2) is 12.3 Å². The molecule has 0 atom stereocenters. The molecular weight excluding hydrogens is 190 g/mol. The molecule has 0 aromatic rings. The van der Waals surface area contributed by atoms with E-state index in [-0.39, 0.29) is 11.6 Å². The minimum atomic E-state index is -0.218. The number of rotatable bonds is 2. The third kappa shape index (κ3) is 8.76. The maximum absolute atomic E-state index is 10.5. The number of carbonyl (C=O) groups excluding carboxylic acids is 2. The highest BCUT2D eigenvalue weighted by molar-refractivity contribution is 5.92.